The zero-order valence-corrected chi connectivity index (χ0v) is 19.4. The summed E-state index contributed by atoms with van der Waals surface area (Å²) in [6.07, 6.45) is 9.42. The minimum absolute atomic E-state index is 0.0704. The number of rotatable bonds is 10. The molecule has 158 valence electrons. The maximum Gasteiger partial charge on any atom is 0.270 e. The molecule has 3 rings (SSSR count). The van der Waals surface area contributed by atoms with E-state index in [9.17, 15) is 4.79 Å². The molecule has 1 fully saturated rings. The molecule has 30 heavy (non-hydrogen) atoms. The van der Waals surface area contributed by atoms with Crippen molar-refractivity contribution in [3.8, 4) is 5.75 Å². The smallest absolute Gasteiger partial charge is 0.270 e. The van der Waals surface area contributed by atoms with Gasteiger partial charge in [-0.15, -0.1) is 0 Å². The topological polar surface area (TPSA) is 29.5 Å². The summed E-state index contributed by atoms with van der Waals surface area (Å²) in [4.78, 5) is 15.1. The first-order chi connectivity index (χ1) is 14.6. The van der Waals surface area contributed by atoms with Gasteiger partial charge in [-0.1, -0.05) is 87.3 Å². The SMILES string of the molecule is CCCCCCCCOc1ccc(/C=C2\SC(=S)N(c3cccc(C)c3)C2=O)cc1. The summed E-state index contributed by atoms with van der Waals surface area (Å²) in [5.41, 5.74) is 2.88. The molecule has 2 aromatic carbocycles. The van der Waals surface area contributed by atoms with Crippen LogP contribution in [0.25, 0.3) is 6.08 Å². The van der Waals surface area contributed by atoms with Gasteiger partial charge >= 0.3 is 0 Å². The van der Waals surface area contributed by atoms with Crippen LogP contribution in [0.5, 0.6) is 5.75 Å². The fourth-order valence-electron chi connectivity index (χ4n) is 3.34. The van der Waals surface area contributed by atoms with E-state index in [4.69, 9.17) is 17.0 Å². The van der Waals surface area contributed by atoms with Crippen molar-refractivity contribution in [1.29, 1.82) is 0 Å². The van der Waals surface area contributed by atoms with Gasteiger partial charge in [0, 0.05) is 0 Å². The molecule has 0 unspecified atom stereocenters. The summed E-state index contributed by atoms with van der Waals surface area (Å²) >= 11 is 6.80. The average molecular weight is 440 g/mol. The number of aryl methyl sites for hydroxylation is 1. The third kappa shape index (κ3) is 6.19. The zero-order chi connectivity index (χ0) is 21.3. The van der Waals surface area contributed by atoms with Crippen molar-refractivity contribution < 1.29 is 9.53 Å². The van der Waals surface area contributed by atoms with Crippen molar-refractivity contribution in [2.45, 2.75) is 52.4 Å². The molecule has 1 aliphatic rings. The normalized spacial score (nSPS) is 15.3. The monoisotopic (exact) mass is 439 g/mol. The van der Waals surface area contributed by atoms with Crippen molar-refractivity contribution in [2.24, 2.45) is 0 Å². The molecule has 0 atom stereocenters. The highest BCUT2D eigenvalue weighted by atomic mass is 32.2. The fraction of sp³-hybridized carbons (Fsp3) is 0.360. The molecule has 1 saturated heterocycles. The second-order valence-corrected chi connectivity index (χ2v) is 9.22. The highest BCUT2D eigenvalue weighted by molar-refractivity contribution is 8.27. The van der Waals surface area contributed by atoms with E-state index in [-0.39, 0.29) is 5.91 Å². The van der Waals surface area contributed by atoms with Gasteiger partial charge in [0.25, 0.3) is 5.91 Å². The minimum atomic E-state index is -0.0704. The van der Waals surface area contributed by atoms with Gasteiger partial charge in [0.15, 0.2) is 4.32 Å². The largest absolute Gasteiger partial charge is 0.494 e. The van der Waals surface area contributed by atoms with Gasteiger partial charge < -0.3 is 4.74 Å². The van der Waals surface area contributed by atoms with Crippen LogP contribution in [0.1, 0.15) is 56.6 Å². The Morgan fingerprint density at radius 2 is 1.77 bits per heavy atom. The van der Waals surface area contributed by atoms with Crippen molar-refractivity contribution in [3.63, 3.8) is 0 Å². The average Bonchev–Trinajstić information content (AvgIpc) is 3.01. The Bertz CT molecular complexity index is 906. The standard InChI is InChI=1S/C25H29NO2S2/c1-3-4-5-6-7-8-16-28-22-14-12-20(13-15-22)18-23-24(27)26(25(29)30-23)21-11-9-10-19(2)17-21/h9-15,17-18H,3-8,16H2,1-2H3/b23-18-. The van der Waals surface area contributed by atoms with Gasteiger partial charge in [0.2, 0.25) is 0 Å². The number of thioether (sulfide) groups is 1. The summed E-state index contributed by atoms with van der Waals surface area (Å²) in [7, 11) is 0. The first kappa shape index (κ1) is 22.6. The molecule has 0 aromatic heterocycles. The number of amides is 1. The second kappa shape index (κ2) is 11.3. The van der Waals surface area contributed by atoms with Crippen LogP contribution in [-0.4, -0.2) is 16.8 Å². The van der Waals surface area contributed by atoms with E-state index >= 15 is 0 Å². The molecule has 0 saturated carbocycles. The van der Waals surface area contributed by atoms with Crippen LogP contribution in [0.15, 0.2) is 53.4 Å². The molecule has 2 aromatic rings. The second-order valence-electron chi connectivity index (χ2n) is 7.54. The number of thiocarbonyl (C=S) groups is 1. The Kier molecular flexibility index (Phi) is 8.52. The Morgan fingerprint density at radius 1 is 1.03 bits per heavy atom. The molecular formula is C25H29NO2S2. The number of hydrogen-bond acceptors (Lipinski definition) is 4. The van der Waals surface area contributed by atoms with Crippen LogP contribution in [0, 0.1) is 6.92 Å². The van der Waals surface area contributed by atoms with E-state index in [0.29, 0.717) is 9.23 Å². The molecule has 0 bridgehead atoms. The van der Waals surface area contributed by atoms with E-state index in [1.165, 1.54) is 43.9 Å². The van der Waals surface area contributed by atoms with E-state index in [0.717, 1.165) is 35.6 Å². The Hall–Kier alpha value is -2.11. The molecule has 0 radical (unpaired) electrons. The van der Waals surface area contributed by atoms with Crippen molar-refractivity contribution >= 4 is 46.0 Å². The number of carbonyl (C=O) groups is 1. The number of hydrogen-bond donors (Lipinski definition) is 0. The Labute approximate surface area is 189 Å². The summed E-state index contributed by atoms with van der Waals surface area (Å²) in [6.45, 7) is 4.99. The van der Waals surface area contributed by atoms with Crippen LogP contribution in [0.4, 0.5) is 5.69 Å². The lowest BCUT2D eigenvalue weighted by Crippen LogP contribution is -2.27. The predicted octanol–water partition coefficient (Wildman–Crippen LogP) is 7.14. The summed E-state index contributed by atoms with van der Waals surface area (Å²) in [6, 6.07) is 15.7. The van der Waals surface area contributed by atoms with Crippen LogP contribution in [0.3, 0.4) is 0 Å². The number of carbonyl (C=O) groups excluding carboxylic acids is 1. The molecule has 1 aliphatic heterocycles. The van der Waals surface area contributed by atoms with Gasteiger partial charge in [-0.3, -0.25) is 9.69 Å². The minimum Gasteiger partial charge on any atom is -0.494 e. The molecule has 0 spiro atoms. The maximum absolute atomic E-state index is 12.9. The maximum atomic E-state index is 12.9. The van der Waals surface area contributed by atoms with E-state index in [1.807, 2.05) is 61.5 Å². The summed E-state index contributed by atoms with van der Waals surface area (Å²) in [5, 5.41) is 0. The molecule has 1 heterocycles. The number of unbranched alkanes of at least 4 members (excludes halogenated alkanes) is 5. The Balaban J connectivity index is 1.55. The van der Waals surface area contributed by atoms with Crippen molar-refractivity contribution in [1.82, 2.24) is 0 Å². The molecule has 0 aliphatic carbocycles. The highest BCUT2D eigenvalue weighted by Gasteiger charge is 2.33. The molecule has 5 heteroatoms. The van der Waals surface area contributed by atoms with Gasteiger partial charge in [-0.2, -0.15) is 0 Å². The van der Waals surface area contributed by atoms with Gasteiger partial charge in [0.1, 0.15) is 5.75 Å². The first-order valence-corrected chi connectivity index (χ1v) is 11.9. The first-order valence-electron chi connectivity index (χ1n) is 10.7. The third-order valence-corrected chi connectivity index (χ3v) is 6.30. The molecule has 1 amide bonds. The van der Waals surface area contributed by atoms with Crippen LogP contribution >= 0.6 is 24.0 Å². The van der Waals surface area contributed by atoms with Crippen LogP contribution in [-0.2, 0) is 4.79 Å². The van der Waals surface area contributed by atoms with Gasteiger partial charge in [0.05, 0.1) is 17.2 Å². The van der Waals surface area contributed by atoms with Crippen LogP contribution < -0.4 is 9.64 Å². The molecular weight excluding hydrogens is 410 g/mol. The quantitative estimate of drug-likeness (QED) is 0.223. The highest BCUT2D eigenvalue weighted by Crippen LogP contribution is 2.36. The van der Waals surface area contributed by atoms with Crippen LogP contribution in [0.2, 0.25) is 0 Å². The summed E-state index contributed by atoms with van der Waals surface area (Å²) in [5.74, 6) is 0.798. The van der Waals surface area contributed by atoms with E-state index in [2.05, 4.69) is 6.92 Å². The lowest BCUT2D eigenvalue weighted by Gasteiger charge is -2.14. The Morgan fingerprint density at radius 3 is 2.50 bits per heavy atom. The number of anilines is 1. The number of ether oxygens (including phenoxy) is 1. The van der Waals surface area contributed by atoms with E-state index in [1.54, 1.807) is 4.90 Å². The molecule has 0 N–H and O–H groups in total. The number of nitrogens with zero attached hydrogens (tertiary/aromatic N) is 1. The van der Waals surface area contributed by atoms with Crippen molar-refractivity contribution in [2.75, 3.05) is 11.5 Å². The van der Waals surface area contributed by atoms with Gasteiger partial charge in [-0.25, -0.2) is 0 Å². The lowest BCUT2D eigenvalue weighted by atomic mass is 10.1. The zero-order valence-electron chi connectivity index (χ0n) is 17.7. The lowest BCUT2D eigenvalue weighted by molar-refractivity contribution is -0.113. The van der Waals surface area contributed by atoms with E-state index < -0.39 is 0 Å². The molecule has 3 nitrogen and oxygen atoms in total. The van der Waals surface area contributed by atoms with Gasteiger partial charge in [-0.05, 0) is 54.8 Å². The van der Waals surface area contributed by atoms with Crippen molar-refractivity contribution in [3.05, 3.63) is 64.6 Å². The number of benzene rings is 2. The third-order valence-electron chi connectivity index (χ3n) is 5.00. The summed E-state index contributed by atoms with van der Waals surface area (Å²) < 4.78 is 6.41. The predicted molar refractivity (Wildman–Crippen MR) is 132 cm³/mol. The fourth-order valence-corrected chi connectivity index (χ4v) is 4.64.